The maximum absolute atomic E-state index is 5.89. The molecule has 0 amide bonds. The number of hydrogen-bond donors (Lipinski definition) is 1. The Balaban J connectivity index is 2.05. The Kier molecular flexibility index (Phi) is 2.49. The van der Waals surface area contributed by atoms with Crippen molar-refractivity contribution in [1.82, 2.24) is 24.9 Å². The van der Waals surface area contributed by atoms with E-state index in [1.165, 1.54) is 0 Å². The van der Waals surface area contributed by atoms with Gasteiger partial charge in [-0.3, -0.25) is 4.40 Å². The van der Waals surface area contributed by atoms with Gasteiger partial charge in [0.15, 0.2) is 5.65 Å². The molecule has 1 saturated heterocycles. The molecule has 3 heterocycles. The number of rotatable bonds is 1. The molecule has 2 aromatic heterocycles. The summed E-state index contributed by atoms with van der Waals surface area (Å²) in [6, 6.07) is 0. The van der Waals surface area contributed by atoms with E-state index >= 15 is 0 Å². The first-order valence-corrected chi connectivity index (χ1v) is 5.79. The summed E-state index contributed by atoms with van der Waals surface area (Å²) in [5, 5.41) is 12.2. The van der Waals surface area contributed by atoms with Crippen molar-refractivity contribution >= 4 is 17.2 Å². The Morgan fingerprint density at radius 1 is 1.31 bits per heavy atom. The monoisotopic (exact) mass is 237 g/mol. The average Bonchev–Trinajstić information content (AvgIpc) is 2.73. The number of nitrogens with zero attached hydrogens (tertiary/aromatic N) is 4. The highest BCUT2D eigenvalue weighted by atomic mass is 35.5. The molecule has 6 heteroatoms. The van der Waals surface area contributed by atoms with Crippen LogP contribution in [-0.4, -0.2) is 32.7 Å². The normalized spacial score (nSPS) is 18.1. The van der Waals surface area contributed by atoms with Gasteiger partial charge in [-0.2, -0.15) is 0 Å². The van der Waals surface area contributed by atoms with Crippen LogP contribution >= 0.6 is 11.6 Å². The maximum atomic E-state index is 5.89. The highest BCUT2D eigenvalue weighted by molar-refractivity contribution is 6.29. The summed E-state index contributed by atoms with van der Waals surface area (Å²) in [7, 11) is 0. The van der Waals surface area contributed by atoms with Gasteiger partial charge in [-0.15, -0.1) is 10.2 Å². The second kappa shape index (κ2) is 3.99. The Hall–Kier alpha value is -1.20. The maximum Gasteiger partial charge on any atom is 0.179 e. The van der Waals surface area contributed by atoms with E-state index in [4.69, 9.17) is 11.6 Å². The standard InChI is InChI=1S/C10H12ClN5/c11-8-6-16-9(5-13-8)14-15-10(16)7-1-3-12-4-2-7/h5-7,12H,1-4H2. The smallest absolute Gasteiger partial charge is 0.179 e. The minimum absolute atomic E-state index is 0.467. The molecule has 84 valence electrons. The summed E-state index contributed by atoms with van der Waals surface area (Å²) in [6.45, 7) is 2.08. The van der Waals surface area contributed by atoms with Crippen LogP contribution in [0.2, 0.25) is 5.15 Å². The van der Waals surface area contributed by atoms with E-state index in [1.807, 2.05) is 4.40 Å². The molecule has 16 heavy (non-hydrogen) atoms. The molecule has 0 saturated carbocycles. The lowest BCUT2D eigenvalue weighted by Crippen LogP contribution is -2.27. The molecule has 0 unspecified atom stereocenters. The number of fused-ring (bicyclic) bond motifs is 1. The fourth-order valence-electron chi connectivity index (χ4n) is 2.15. The first-order chi connectivity index (χ1) is 7.84. The average molecular weight is 238 g/mol. The SMILES string of the molecule is Clc1cn2c(C3CCNCC3)nnc2cn1. The highest BCUT2D eigenvalue weighted by Crippen LogP contribution is 2.24. The molecular weight excluding hydrogens is 226 g/mol. The predicted molar refractivity (Wildman–Crippen MR) is 60.6 cm³/mol. The lowest BCUT2D eigenvalue weighted by atomic mass is 9.97. The predicted octanol–water partition coefficient (Wildman–Crippen LogP) is 1.24. The number of piperidine rings is 1. The fraction of sp³-hybridized carbons (Fsp3) is 0.500. The second-order valence-electron chi connectivity index (χ2n) is 4.02. The van der Waals surface area contributed by atoms with Gasteiger partial charge in [0.2, 0.25) is 0 Å². The number of nitrogens with one attached hydrogen (secondary N) is 1. The first kappa shape index (κ1) is 9.99. The fourth-order valence-corrected chi connectivity index (χ4v) is 2.30. The van der Waals surface area contributed by atoms with Gasteiger partial charge < -0.3 is 5.32 Å². The summed E-state index contributed by atoms with van der Waals surface area (Å²) in [5.74, 6) is 1.47. The lowest BCUT2D eigenvalue weighted by Gasteiger charge is -2.20. The molecule has 0 aromatic carbocycles. The highest BCUT2D eigenvalue weighted by Gasteiger charge is 2.20. The Bertz CT molecular complexity index is 503. The van der Waals surface area contributed by atoms with E-state index in [0.29, 0.717) is 11.1 Å². The van der Waals surface area contributed by atoms with Crippen molar-refractivity contribution < 1.29 is 0 Å². The molecule has 0 spiro atoms. The molecule has 1 N–H and O–H groups in total. The molecule has 2 aromatic rings. The van der Waals surface area contributed by atoms with Gasteiger partial charge in [0.1, 0.15) is 11.0 Å². The molecule has 1 fully saturated rings. The van der Waals surface area contributed by atoms with Crippen LogP contribution in [0.3, 0.4) is 0 Å². The van der Waals surface area contributed by atoms with Crippen molar-refractivity contribution in [2.45, 2.75) is 18.8 Å². The van der Waals surface area contributed by atoms with E-state index in [0.717, 1.165) is 37.4 Å². The van der Waals surface area contributed by atoms with Crippen molar-refractivity contribution in [2.75, 3.05) is 13.1 Å². The molecule has 0 bridgehead atoms. The van der Waals surface area contributed by atoms with Crippen molar-refractivity contribution in [3.8, 4) is 0 Å². The van der Waals surface area contributed by atoms with E-state index < -0.39 is 0 Å². The van der Waals surface area contributed by atoms with Crippen LogP contribution in [0.25, 0.3) is 5.65 Å². The molecule has 0 radical (unpaired) electrons. The van der Waals surface area contributed by atoms with Gasteiger partial charge in [-0.05, 0) is 25.9 Å². The molecule has 1 aliphatic rings. The summed E-state index contributed by atoms with van der Waals surface area (Å²) < 4.78 is 1.95. The number of halogens is 1. The van der Waals surface area contributed by atoms with Crippen molar-refractivity contribution in [2.24, 2.45) is 0 Å². The first-order valence-electron chi connectivity index (χ1n) is 5.41. The van der Waals surface area contributed by atoms with E-state index in [2.05, 4.69) is 20.5 Å². The van der Waals surface area contributed by atoms with Crippen LogP contribution in [-0.2, 0) is 0 Å². The largest absolute Gasteiger partial charge is 0.317 e. The van der Waals surface area contributed by atoms with Gasteiger partial charge in [0, 0.05) is 12.1 Å². The molecule has 1 aliphatic heterocycles. The van der Waals surface area contributed by atoms with Crippen molar-refractivity contribution in [3.05, 3.63) is 23.4 Å². The topological polar surface area (TPSA) is 55.1 Å². The van der Waals surface area contributed by atoms with Crippen LogP contribution < -0.4 is 5.32 Å². The zero-order valence-corrected chi connectivity index (χ0v) is 9.48. The van der Waals surface area contributed by atoms with E-state index in [1.54, 1.807) is 12.4 Å². The number of aromatic nitrogens is 4. The number of hydrogen-bond acceptors (Lipinski definition) is 4. The van der Waals surface area contributed by atoms with Gasteiger partial charge >= 0.3 is 0 Å². The van der Waals surface area contributed by atoms with Gasteiger partial charge in [0.05, 0.1) is 6.20 Å². The minimum Gasteiger partial charge on any atom is -0.317 e. The third-order valence-electron chi connectivity index (χ3n) is 2.99. The van der Waals surface area contributed by atoms with Crippen LogP contribution in [0.5, 0.6) is 0 Å². The molecule has 0 aliphatic carbocycles. The van der Waals surface area contributed by atoms with E-state index in [9.17, 15) is 0 Å². The Morgan fingerprint density at radius 2 is 2.12 bits per heavy atom. The van der Waals surface area contributed by atoms with Gasteiger partial charge in [-0.1, -0.05) is 11.6 Å². The molecule has 0 atom stereocenters. The lowest BCUT2D eigenvalue weighted by molar-refractivity contribution is 0.442. The van der Waals surface area contributed by atoms with Crippen LogP contribution in [0, 0.1) is 0 Å². The summed E-state index contributed by atoms with van der Waals surface area (Å²) in [6.07, 6.45) is 5.63. The van der Waals surface area contributed by atoms with Crippen molar-refractivity contribution in [1.29, 1.82) is 0 Å². The summed E-state index contributed by atoms with van der Waals surface area (Å²) >= 11 is 5.89. The van der Waals surface area contributed by atoms with Crippen LogP contribution in [0.1, 0.15) is 24.6 Å². The summed E-state index contributed by atoms with van der Waals surface area (Å²) in [5.41, 5.74) is 0.762. The summed E-state index contributed by atoms with van der Waals surface area (Å²) in [4.78, 5) is 4.00. The Morgan fingerprint density at radius 3 is 2.94 bits per heavy atom. The molecular formula is C10H12ClN5. The quantitative estimate of drug-likeness (QED) is 0.811. The van der Waals surface area contributed by atoms with Crippen molar-refractivity contribution in [3.63, 3.8) is 0 Å². The van der Waals surface area contributed by atoms with Crippen LogP contribution in [0.4, 0.5) is 0 Å². The van der Waals surface area contributed by atoms with Gasteiger partial charge in [-0.25, -0.2) is 4.98 Å². The third-order valence-corrected chi connectivity index (χ3v) is 3.19. The molecule has 3 rings (SSSR count). The Labute approximate surface area is 97.8 Å². The molecule has 5 nitrogen and oxygen atoms in total. The minimum atomic E-state index is 0.467. The van der Waals surface area contributed by atoms with Crippen LogP contribution in [0.15, 0.2) is 12.4 Å². The second-order valence-corrected chi connectivity index (χ2v) is 4.41. The third kappa shape index (κ3) is 1.66. The zero-order chi connectivity index (χ0) is 11.0. The van der Waals surface area contributed by atoms with Gasteiger partial charge in [0.25, 0.3) is 0 Å². The van der Waals surface area contributed by atoms with E-state index in [-0.39, 0.29) is 0 Å². The zero-order valence-electron chi connectivity index (χ0n) is 8.73.